The van der Waals surface area contributed by atoms with Crippen molar-refractivity contribution in [2.24, 2.45) is 0 Å². The summed E-state index contributed by atoms with van der Waals surface area (Å²) in [7, 11) is 1.68. The molecule has 0 spiro atoms. The van der Waals surface area contributed by atoms with E-state index in [1.54, 1.807) is 7.11 Å². The smallest absolute Gasteiger partial charge is 0.175 e. The summed E-state index contributed by atoms with van der Waals surface area (Å²) in [6.07, 6.45) is 6.26. The minimum absolute atomic E-state index is 0. The van der Waals surface area contributed by atoms with E-state index in [1.165, 1.54) is 44.3 Å². The molecule has 0 aliphatic rings. The second kappa shape index (κ2) is 19.5. The van der Waals surface area contributed by atoms with Crippen molar-refractivity contribution in [3.05, 3.63) is 57.0 Å². The van der Waals surface area contributed by atoms with E-state index < -0.39 is 0 Å². The highest BCUT2D eigenvalue weighted by Crippen LogP contribution is 2.37. The molecule has 1 N–H and O–H groups in total. The Morgan fingerprint density at radius 1 is 0.912 bits per heavy atom. The Hall–Kier alpha value is -0.690. The van der Waals surface area contributed by atoms with Gasteiger partial charge >= 0.3 is 0 Å². The molecule has 0 fully saturated rings. The minimum Gasteiger partial charge on any atom is -0.493 e. The van der Waals surface area contributed by atoms with Gasteiger partial charge in [0.15, 0.2) is 11.5 Å². The van der Waals surface area contributed by atoms with Gasteiger partial charge in [0.05, 0.1) is 11.6 Å². The lowest BCUT2D eigenvalue weighted by molar-refractivity contribution is 0.261. The third-order valence-corrected chi connectivity index (χ3v) is 6.24. The summed E-state index contributed by atoms with van der Waals surface area (Å²) in [5.74, 6) is 1.45. The number of hydrogen-bond donors (Lipinski definition) is 1. The summed E-state index contributed by atoms with van der Waals surface area (Å²) in [5, 5.41) is 4.30. The first kappa shape index (κ1) is 33.3. The molecule has 0 atom stereocenters. The maximum atomic E-state index is 6.03. The summed E-state index contributed by atoms with van der Waals surface area (Å²) < 4.78 is 12.5. The van der Waals surface area contributed by atoms with Crippen LogP contribution in [0.1, 0.15) is 57.1 Å². The zero-order valence-corrected chi connectivity index (χ0v) is 24.6. The van der Waals surface area contributed by atoms with Gasteiger partial charge in [-0.25, -0.2) is 0 Å². The van der Waals surface area contributed by atoms with Gasteiger partial charge in [0.25, 0.3) is 0 Å². The second-order valence-electron chi connectivity index (χ2n) is 8.10. The van der Waals surface area contributed by atoms with Gasteiger partial charge in [-0.15, -0.1) is 24.8 Å². The molecule has 0 saturated heterocycles. The van der Waals surface area contributed by atoms with Crippen LogP contribution in [-0.2, 0) is 13.2 Å². The first-order chi connectivity index (χ1) is 15.6. The lowest BCUT2D eigenvalue weighted by Crippen LogP contribution is -2.29. The summed E-state index contributed by atoms with van der Waals surface area (Å²) in [6.45, 7) is 10.4. The highest BCUT2D eigenvalue weighted by Gasteiger charge is 2.12. The molecule has 0 saturated carbocycles. The number of methoxy groups -OCH3 is 1. The SMILES string of the molecule is CCCCN(CCCC)CCCNCc1cc(Br)c(OCc2ccc(Cl)cc2)c(OC)c1.Cl.Cl. The van der Waals surface area contributed by atoms with E-state index in [0.717, 1.165) is 46.9 Å². The van der Waals surface area contributed by atoms with Crippen LogP contribution in [0.15, 0.2) is 40.9 Å². The van der Waals surface area contributed by atoms with Crippen molar-refractivity contribution in [1.29, 1.82) is 0 Å². The van der Waals surface area contributed by atoms with E-state index in [1.807, 2.05) is 30.3 Å². The van der Waals surface area contributed by atoms with Crippen molar-refractivity contribution in [2.75, 3.05) is 33.3 Å². The topological polar surface area (TPSA) is 33.7 Å². The van der Waals surface area contributed by atoms with Gasteiger partial charge in [-0.3, -0.25) is 0 Å². The molecule has 2 aromatic carbocycles. The van der Waals surface area contributed by atoms with E-state index in [-0.39, 0.29) is 24.8 Å². The molecule has 2 rings (SSSR count). The molecular formula is C26H40BrCl3N2O2. The molecule has 8 heteroatoms. The Morgan fingerprint density at radius 3 is 2.12 bits per heavy atom. The van der Waals surface area contributed by atoms with Gasteiger partial charge in [-0.2, -0.15) is 0 Å². The zero-order valence-electron chi connectivity index (χ0n) is 20.6. The number of ether oxygens (including phenoxy) is 2. The quantitative estimate of drug-likeness (QED) is 0.199. The molecule has 0 unspecified atom stereocenters. The van der Waals surface area contributed by atoms with E-state index in [9.17, 15) is 0 Å². The van der Waals surface area contributed by atoms with Gasteiger partial charge in [-0.1, -0.05) is 50.4 Å². The van der Waals surface area contributed by atoms with E-state index >= 15 is 0 Å². The molecule has 2 aromatic rings. The molecule has 0 aliphatic carbocycles. The van der Waals surface area contributed by atoms with Crippen LogP contribution in [0.4, 0.5) is 0 Å². The summed E-state index contributed by atoms with van der Waals surface area (Å²) in [5.41, 5.74) is 2.22. The molecule has 0 radical (unpaired) electrons. The van der Waals surface area contributed by atoms with Crippen molar-refractivity contribution in [3.8, 4) is 11.5 Å². The molecular weight excluding hydrogens is 559 g/mol. The Bertz CT molecular complexity index is 786. The summed E-state index contributed by atoms with van der Waals surface area (Å²) in [4.78, 5) is 2.61. The molecule has 0 heterocycles. The van der Waals surface area contributed by atoms with Crippen LogP contribution in [0, 0.1) is 0 Å². The van der Waals surface area contributed by atoms with Crippen LogP contribution in [0.25, 0.3) is 0 Å². The van der Waals surface area contributed by atoms with Crippen LogP contribution >= 0.6 is 52.3 Å². The predicted molar refractivity (Wildman–Crippen MR) is 154 cm³/mol. The molecule has 194 valence electrons. The van der Waals surface area contributed by atoms with Gasteiger partial charge in [0.1, 0.15) is 6.61 Å². The van der Waals surface area contributed by atoms with Crippen LogP contribution in [0.3, 0.4) is 0 Å². The molecule has 0 amide bonds. The van der Waals surface area contributed by atoms with Crippen LogP contribution in [0.5, 0.6) is 11.5 Å². The third kappa shape index (κ3) is 12.3. The number of unbranched alkanes of at least 4 members (excludes halogenated alkanes) is 2. The third-order valence-electron chi connectivity index (χ3n) is 5.40. The number of rotatable bonds is 16. The fourth-order valence-corrected chi connectivity index (χ4v) is 4.24. The largest absolute Gasteiger partial charge is 0.493 e. The highest BCUT2D eigenvalue weighted by molar-refractivity contribution is 9.10. The van der Waals surface area contributed by atoms with Crippen molar-refractivity contribution in [3.63, 3.8) is 0 Å². The lowest BCUT2D eigenvalue weighted by Gasteiger charge is -2.22. The van der Waals surface area contributed by atoms with Gasteiger partial charge in [-0.05, 0) is 96.8 Å². The second-order valence-corrected chi connectivity index (χ2v) is 9.39. The van der Waals surface area contributed by atoms with Crippen molar-refractivity contribution >= 4 is 52.3 Å². The van der Waals surface area contributed by atoms with Crippen LogP contribution in [0.2, 0.25) is 5.02 Å². The number of nitrogens with one attached hydrogen (secondary N) is 1. The maximum absolute atomic E-state index is 6.03. The minimum atomic E-state index is 0. The molecule has 34 heavy (non-hydrogen) atoms. The molecule has 0 aromatic heterocycles. The fourth-order valence-electron chi connectivity index (χ4n) is 3.51. The van der Waals surface area contributed by atoms with E-state index in [2.05, 4.69) is 46.1 Å². The maximum Gasteiger partial charge on any atom is 0.175 e. The average Bonchev–Trinajstić information content (AvgIpc) is 2.80. The number of halogens is 4. The Kier molecular flexibility index (Phi) is 19.1. The Morgan fingerprint density at radius 2 is 1.53 bits per heavy atom. The average molecular weight is 599 g/mol. The van der Waals surface area contributed by atoms with Gasteiger partial charge in [0, 0.05) is 11.6 Å². The number of benzene rings is 2. The van der Waals surface area contributed by atoms with Gasteiger partial charge < -0.3 is 19.7 Å². The normalized spacial score (nSPS) is 10.5. The van der Waals surface area contributed by atoms with E-state index in [0.29, 0.717) is 12.4 Å². The Balaban J connectivity index is 0.00000544. The number of nitrogens with zero attached hydrogens (tertiary/aromatic N) is 1. The standard InChI is InChI=1S/C26H38BrClN2O2.2ClH/c1-4-6-14-30(15-7-5-2)16-8-13-29-19-22-17-24(27)26(25(18-22)31-3)32-20-21-9-11-23(28)12-10-21;;/h9-12,17-18,29H,4-8,13-16,19-20H2,1-3H3;2*1H. The summed E-state index contributed by atoms with van der Waals surface area (Å²) >= 11 is 9.61. The molecule has 0 bridgehead atoms. The monoisotopic (exact) mass is 596 g/mol. The predicted octanol–water partition coefficient (Wildman–Crippen LogP) is 7.92. The van der Waals surface area contributed by atoms with Crippen molar-refractivity contribution in [2.45, 2.75) is 59.1 Å². The van der Waals surface area contributed by atoms with Crippen molar-refractivity contribution < 1.29 is 9.47 Å². The zero-order chi connectivity index (χ0) is 23.2. The van der Waals surface area contributed by atoms with Gasteiger partial charge in [0.2, 0.25) is 0 Å². The van der Waals surface area contributed by atoms with Crippen molar-refractivity contribution in [1.82, 2.24) is 10.2 Å². The molecule has 4 nitrogen and oxygen atoms in total. The van der Waals surface area contributed by atoms with E-state index in [4.69, 9.17) is 21.1 Å². The first-order valence-electron chi connectivity index (χ1n) is 11.7. The Labute approximate surface area is 232 Å². The van der Waals surface area contributed by atoms with Crippen LogP contribution in [-0.4, -0.2) is 38.2 Å². The summed E-state index contributed by atoms with van der Waals surface area (Å²) in [6, 6.07) is 11.8. The van der Waals surface area contributed by atoms with Crippen LogP contribution < -0.4 is 14.8 Å². The highest BCUT2D eigenvalue weighted by atomic mass is 79.9. The number of hydrogen-bond acceptors (Lipinski definition) is 4. The first-order valence-corrected chi connectivity index (χ1v) is 12.9. The lowest BCUT2D eigenvalue weighted by atomic mass is 10.2. The fraction of sp³-hybridized carbons (Fsp3) is 0.538. The molecule has 0 aliphatic heterocycles.